The smallest absolute Gasteiger partial charge is 0.416 e. The normalized spacial score (nSPS) is 16.8. The molecule has 1 heterocycles. The molecule has 0 spiro atoms. The number of para-hydroxylation sites is 2. The highest BCUT2D eigenvalue weighted by Crippen LogP contribution is 2.39. The Hall–Kier alpha value is -2.70. The van der Waals surface area contributed by atoms with Crippen LogP contribution in [0, 0.1) is 0 Å². The molecule has 7 heteroatoms. The number of alkyl halides is 3. The fourth-order valence-electron chi connectivity index (χ4n) is 2.74. The van der Waals surface area contributed by atoms with E-state index in [-0.39, 0.29) is 12.0 Å². The van der Waals surface area contributed by atoms with Crippen LogP contribution >= 0.6 is 0 Å². The maximum absolute atomic E-state index is 12.8. The van der Waals surface area contributed by atoms with Crippen molar-refractivity contribution in [1.82, 2.24) is 5.32 Å². The van der Waals surface area contributed by atoms with Crippen molar-refractivity contribution in [3.8, 4) is 5.75 Å². The Morgan fingerprint density at radius 3 is 2.52 bits per heavy atom. The highest BCUT2D eigenvalue weighted by molar-refractivity contribution is 5.73. The van der Waals surface area contributed by atoms with Crippen LogP contribution in [0.3, 0.4) is 0 Å². The number of amides is 1. The number of benzene rings is 2. The molecule has 2 aromatic carbocycles. The number of anilines is 2. The highest BCUT2D eigenvalue weighted by atomic mass is 19.4. The number of ether oxygens (including phenoxy) is 1. The summed E-state index contributed by atoms with van der Waals surface area (Å²) in [4.78, 5) is 13.0. The monoisotopic (exact) mass is 350 g/mol. The molecule has 0 saturated heterocycles. The molecule has 0 saturated carbocycles. The number of carbonyl (C=O) groups excluding carboxylic acids is 1. The largest absolute Gasteiger partial charge is 0.485 e. The number of hydrogen-bond donors (Lipinski definition) is 1. The van der Waals surface area contributed by atoms with Gasteiger partial charge in [-0.25, -0.2) is 0 Å². The summed E-state index contributed by atoms with van der Waals surface area (Å²) < 4.78 is 44.2. The molecule has 0 bridgehead atoms. The standard InChI is InChI=1S/C18H17F3N2O2/c1-12(24)22-10-15-11-23(16-4-2-3-5-17(16)25-15)14-8-6-13(7-9-14)18(19,20)21/h2-9,15H,10-11H2,1H3,(H,22,24)/t15-/m1/s1. The lowest BCUT2D eigenvalue weighted by molar-refractivity contribution is -0.137. The molecule has 1 N–H and O–H groups in total. The zero-order valence-corrected chi connectivity index (χ0v) is 13.5. The van der Waals surface area contributed by atoms with Crippen molar-refractivity contribution in [2.45, 2.75) is 19.2 Å². The molecule has 0 unspecified atom stereocenters. The average molecular weight is 350 g/mol. The van der Waals surface area contributed by atoms with Crippen LogP contribution in [0.2, 0.25) is 0 Å². The first kappa shape index (κ1) is 17.1. The second-order valence-electron chi connectivity index (χ2n) is 5.80. The van der Waals surface area contributed by atoms with Gasteiger partial charge < -0.3 is 15.0 Å². The predicted molar refractivity (Wildman–Crippen MR) is 88.0 cm³/mol. The first-order chi connectivity index (χ1) is 11.8. The van der Waals surface area contributed by atoms with Gasteiger partial charge in [-0.1, -0.05) is 12.1 Å². The van der Waals surface area contributed by atoms with Crippen molar-refractivity contribution in [3.63, 3.8) is 0 Å². The number of fused-ring (bicyclic) bond motifs is 1. The Morgan fingerprint density at radius 2 is 1.88 bits per heavy atom. The lowest BCUT2D eigenvalue weighted by atomic mass is 10.1. The Morgan fingerprint density at radius 1 is 1.20 bits per heavy atom. The lowest BCUT2D eigenvalue weighted by Gasteiger charge is -2.36. The zero-order valence-electron chi connectivity index (χ0n) is 13.5. The summed E-state index contributed by atoms with van der Waals surface area (Å²) in [6, 6.07) is 12.3. The van der Waals surface area contributed by atoms with Crippen molar-refractivity contribution in [2.75, 3.05) is 18.0 Å². The van der Waals surface area contributed by atoms with Gasteiger partial charge in [0.05, 0.1) is 24.3 Å². The van der Waals surface area contributed by atoms with E-state index in [9.17, 15) is 18.0 Å². The van der Waals surface area contributed by atoms with Gasteiger partial charge >= 0.3 is 6.18 Å². The third-order valence-corrected chi connectivity index (χ3v) is 3.92. The molecular formula is C18H17F3N2O2. The molecule has 1 atom stereocenters. The van der Waals surface area contributed by atoms with Crippen LogP contribution in [0.4, 0.5) is 24.5 Å². The molecule has 1 aliphatic heterocycles. The predicted octanol–water partition coefficient (Wildman–Crippen LogP) is 3.74. The minimum Gasteiger partial charge on any atom is -0.485 e. The third-order valence-electron chi connectivity index (χ3n) is 3.92. The van der Waals surface area contributed by atoms with Crippen LogP contribution in [0.15, 0.2) is 48.5 Å². The van der Waals surface area contributed by atoms with Crippen LogP contribution in [-0.4, -0.2) is 25.1 Å². The van der Waals surface area contributed by atoms with E-state index in [1.165, 1.54) is 19.1 Å². The highest BCUT2D eigenvalue weighted by Gasteiger charge is 2.31. The van der Waals surface area contributed by atoms with E-state index in [0.717, 1.165) is 17.8 Å². The summed E-state index contributed by atoms with van der Waals surface area (Å²) in [5, 5.41) is 2.71. The molecule has 132 valence electrons. The van der Waals surface area contributed by atoms with E-state index in [1.807, 2.05) is 23.1 Å². The lowest BCUT2D eigenvalue weighted by Crippen LogP contribution is -2.44. The van der Waals surface area contributed by atoms with E-state index in [0.29, 0.717) is 24.5 Å². The molecule has 25 heavy (non-hydrogen) atoms. The number of nitrogens with one attached hydrogen (secondary N) is 1. The van der Waals surface area contributed by atoms with E-state index in [2.05, 4.69) is 5.32 Å². The summed E-state index contributed by atoms with van der Waals surface area (Å²) in [5.74, 6) is 0.465. The quantitative estimate of drug-likeness (QED) is 0.917. The van der Waals surface area contributed by atoms with Crippen molar-refractivity contribution < 1.29 is 22.7 Å². The van der Waals surface area contributed by atoms with Crippen molar-refractivity contribution >= 4 is 17.3 Å². The maximum atomic E-state index is 12.8. The average Bonchev–Trinajstić information content (AvgIpc) is 2.58. The fraction of sp³-hybridized carbons (Fsp3) is 0.278. The van der Waals surface area contributed by atoms with E-state index in [4.69, 9.17) is 4.74 Å². The second-order valence-corrected chi connectivity index (χ2v) is 5.80. The van der Waals surface area contributed by atoms with Crippen molar-refractivity contribution in [2.24, 2.45) is 0 Å². The maximum Gasteiger partial charge on any atom is 0.416 e. The van der Waals surface area contributed by atoms with Crippen LogP contribution < -0.4 is 15.0 Å². The number of rotatable bonds is 3. The number of halogens is 3. The van der Waals surface area contributed by atoms with Crippen LogP contribution in [-0.2, 0) is 11.0 Å². The number of carbonyl (C=O) groups is 1. The molecule has 1 aliphatic rings. The second kappa shape index (κ2) is 6.66. The van der Waals surface area contributed by atoms with Gasteiger partial charge in [0, 0.05) is 12.6 Å². The van der Waals surface area contributed by atoms with Crippen LogP contribution in [0.1, 0.15) is 12.5 Å². The first-order valence-electron chi connectivity index (χ1n) is 7.79. The topological polar surface area (TPSA) is 41.6 Å². The van der Waals surface area contributed by atoms with Crippen molar-refractivity contribution in [1.29, 1.82) is 0 Å². The SMILES string of the molecule is CC(=O)NC[C@@H]1CN(c2ccc(C(F)(F)F)cc2)c2ccccc2O1. The van der Waals surface area contributed by atoms with Crippen LogP contribution in [0.5, 0.6) is 5.75 Å². The van der Waals surface area contributed by atoms with Gasteiger partial charge in [0.1, 0.15) is 11.9 Å². The Kier molecular flexibility index (Phi) is 4.57. The van der Waals surface area contributed by atoms with Gasteiger partial charge in [-0.05, 0) is 36.4 Å². The molecule has 4 nitrogen and oxygen atoms in total. The van der Waals surface area contributed by atoms with Gasteiger partial charge in [-0.15, -0.1) is 0 Å². The van der Waals surface area contributed by atoms with E-state index < -0.39 is 11.7 Å². The van der Waals surface area contributed by atoms with E-state index >= 15 is 0 Å². The molecule has 0 radical (unpaired) electrons. The molecule has 3 rings (SSSR count). The summed E-state index contributed by atoms with van der Waals surface area (Å²) in [6.07, 6.45) is -4.67. The molecule has 0 aromatic heterocycles. The third kappa shape index (κ3) is 3.87. The minimum atomic E-state index is -4.37. The van der Waals surface area contributed by atoms with Gasteiger partial charge in [0.15, 0.2) is 0 Å². The minimum absolute atomic E-state index is 0.163. The molecule has 0 fully saturated rings. The number of nitrogens with zero attached hydrogens (tertiary/aromatic N) is 1. The zero-order chi connectivity index (χ0) is 18.0. The van der Waals surface area contributed by atoms with Gasteiger partial charge in [0.2, 0.25) is 5.91 Å². The summed E-state index contributed by atoms with van der Waals surface area (Å²) in [6.45, 7) is 2.16. The first-order valence-corrected chi connectivity index (χ1v) is 7.79. The Labute approximate surface area is 143 Å². The summed E-state index contributed by atoms with van der Waals surface area (Å²) in [7, 11) is 0. The molecule has 1 amide bonds. The van der Waals surface area contributed by atoms with Gasteiger partial charge in [-0.2, -0.15) is 13.2 Å². The number of hydrogen-bond acceptors (Lipinski definition) is 3. The van der Waals surface area contributed by atoms with E-state index in [1.54, 1.807) is 6.07 Å². The van der Waals surface area contributed by atoms with Crippen molar-refractivity contribution in [3.05, 3.63) is 54.1 Å². The summed E-state index contributed by atoms with van der Waals surface area (Å²) in [5.41, 5.74) is 0.727. The fourth-order valence-corrected chi connectivity index (χ4v) is 2.74. The Balaban J connectivity index is 1.89. The molecule has 0 aliphatic carbocycles. The molecule has 2 aromatic rings. The molecular weight excluding hydrogens is 333 g/mol. The Bertz CT molecular complexity index is 760. The van der Waals surface area contributed by atoms with Gasteiger partial charge in [-0.3, -0.25) is 4.79 Å². The summed E-state index contributed by atoms with van der Waals surface area (Å²) >= 11 is 0. The van der Waals surface area contributed by atoms with Gasteiger partial charge in [0.25, 0.3) is 0 Å². The van der Waals surface area contributed by atoms with Crippen LogP contribution in [0.25, 0.3) is 0 Å².